The zero-order chi connectivity index (χ0) is 27.9. The Bertz CT molecular complexity index is 1510. The lowest BCUT2D eigenvalue weighted by atomic mass is 9.84. The van der Waals surface area contributed by atoms with Gasteiger partial charge in [0, 0.05) is 24.0 Å². The van der Waals surface area contributed by atoms with Gasteiger partial charge in [0.05, 0.1) is 24.4 Å². The maximum Gasteiger partial charge on any atom is 0.433 e. The lowest BCUT2D eigenvalue weighted by Gasteiger charge is -2.40. The van der Waals surface area contributed by atoms with Crippen molar-refractivity contribution in [3.05, 3.63) is 83.9 Å². The monoisotopic (exact) mass is 538 g/mol. The summed E-state index contributed by atoms with van der Waals surface area (Å²) in [5.74, 6) is 0.788. The van der Waals surface area contributed by atoms with Crippen LogP contribution in [-0.4, -0.2) is 40.2 Å². The Labute approximate surface area is 223 Å². The zero-order valence-electron chi connectivity index (χ0n) is 21.6. The van der Waals surface area contributed by atoms with Gasteiger partial charge in [-0.15, -0.1) is 0 Å². The van der Waals surface area contributed by atoms with E-state index < -0.39 is 23.5 Å². The molecule has 2 aromatic carbocycles. The summed E-state index contributed by atoms with van der Waals surface area (Å²) < 4.78 is 51.4. The van der Waals surface area contributed by atoms with Gasteiger partial charge in [0.15, 0.2) is 5.76 Å². The van der Waals surface area contributed by atoms with E-state index in [1.807, 2.05) is 35.2 Å². The highest BCUT2D eigenvalue weighted by atomic mass is 19.4. The Morgan fingerprint density at radius 2 is 1.79 bits per heavy atom. The molecule has 2 aromatic heterocycles. The molecule has 1 aliphatic rings. The van der Waals surface area contributed by atoms with E-state index in [4.69, 9.17) is 19.9 Å². The van der Waals surface area contributed by atoms with Gasteiger partial charge in [0.25, 0.3) is 0 Å². The van der Waals surface area contributed by atoms with Gasteiger partial charge in [-0.25, -0.2) is 9.97 Å². The molecule has 10 heteroatoms. The first kappa shape index (κ1) is 26.7. The number of nitrogens with two attached hydrogens (primary N) is 1. The van der Waals surface area contributed by atoms with Crippen molar-refractivity contribution in [2.75, 3.05) is 20.2 Å². The predicted molar refractivity (Wildman–Crippen MR) is 142 cm³/mol. The number of fused-ring (bicyclic) bond motifs is 1. The zero-order valence-corrected chi connectivity index (χ0v) is 21.6. The van der Waals surface area contributed by atoms with Crippen LogP contribution < -0.4 is 10.5 Å². The summed E-state index contributed by atoms with van der Waals surface area (Å²) >= 11 is 0. The molecule has 1 unspecified atom stereocenters. The number of pyridine rings is 1. The number of ether oxygens (including phenoxy) is 1. The molecule has 1 atom stereocenters. The van der Waals surface area contributed by atoms with Crippen molar-refractivity contribution >= 4 is 16.6 Å². The van der Waals surface area contributed by atoms with Gasteiger partial charge in [0.1, 0.15) is 22.7 Å². The molecule has 0 amide bonds. The van der Waals surface area contributed by atoms with E-state index in [2.05, 4.69) is 11.6 Å². The van der Waals surface area contributed by atoms with Crippen molar-refractivity contribution < 1.29 is 27.4 Å². The van der Waals surface area contributed by atoms with E-state index in [1.54, 1.807) is 13.0 Å². The molecule has 3 heterocycles. The van der Waals surface area contributed by atoms with Crippen LogP contribution in [0.25, 0.3) is 28.1 Å². The average molecular weight is 539 g/mol. The number of piperidine rings is 1. The quantitative estimate of drug-likeness (QED) is 0.316. The van der Waals surface area contributed by atoms with Crippen LogP contribution >= 0.6 is 0 Å². The highest BCUT2D eigenvalue weighted by Crippen LogP contribution is 2.40. The predicted octanol–water partition coefficient (Wildman–Crippen LogP) is 5.89. The number of hydrogen-bond acceptors (Lipinski definition) is 7. The van der Waals surface area contributed by atoms with Crippen LogP contribution in [0.2, 0.25) is 0 Å². The Hall–Kier alpha value is -3.89. The molecule has 204 valence electrons. The van der Waals surface area contributed by atoms with Gasteiger partial charge in [0.2, 0.25) is 5.89 Å². The number of aromatic nitrogens is 2. The third-order valence-electron chi connectivity index (χ3n) is 7.18. The van der Waals surface area contributed by atoms with Crippen molar-refractivity contribution in [2.45, 2.75) is 37.6 Å². The van der Waals surface area contributed by atoms with E-state index in [9.17, 15) is 18.3 Å². The third-order valence-corrected chi connectivity index (χ3v) is 7.18. The SMILES string of the molecule is C=C(c1nc(-c2ccc(OC)c3nc(C(F)(F)F)ccc23)oc1C(C)N)N1CCC(O)(c2ccccc2)CC1. The molecular formula is C29H29F3N4O3. The molecule has 1 saturated heterocycles. The molecule has 1 fully saturated rings. The number of aliphatic hydroxyl groups is 1. The van der Waals surface area contributed by atoms with E-state index in [1.165, 1.54) is 19.2 Å². The molecule has 39 heavy (non-hydrogen) atoms. The molecule has 0 bridgehead atoms. The van der Waals surface area contributed by atoms with Gasteiger partial charge in [-0.1, -0.05) is 36.9 Å². The second-order valence-corrected chi connectivity index (χ2v) is 9.76. The summed E-state index contributed by atoms with van der Waals surface area (Å²) in [7, 11) is 1.37. The fraction of sp³-hybridized carbons (Fsp3) is 0.310. The number of hydrogen-bond donors (Lipinski definition) is 2. The van der Waals surface area contributed by atoms with Gasteiger partial charge in [-0.05, 0) is 49.6 Å². The molecule has 5 rings (SSSR count). The highest BCUT2D eigenvalue weighted by molar-refractivity contribution is 5.96. The molecule has 0 saturated carbocycles. The lowest BCUT2D eigenvalue weighted by Crippen LogP contribution is -2.41. The van der Waals surface area contributed by atoms with Crippen LogP contribution in [0, 0.1) is 0 Å². The standard InChI is InChI=1S/C29H29F3N4O3/c1-17(33)26-24(18(2)36-15-13-28(37,14-16-36)19-7-5-4-6-8-19)35-27(39-26)21-9-11-22(38-3)25-20(21)10-12-23(34-25)29(30,31)32/h4-12,17,37H,2,13-16,33H2,1,3H3. The molecule has 3 N–H and O–H groups in total. The van der Waals surface area contributed by atoms with Crippen LogP contribution in [-0.2, 0) is 11.8 Å². The number of methoxy groups -OCH3 is 1. The Morgan fingerprint density at radius 1 is 1.10 bits per heavy atom. The van der Waals surface area contributed by atoms with Crippen LogP contribution in [0.5, 0.6) is 5.75 Å². The van der Waals surface area contributed by atoms with Crippen molar-refractivity contribution in [1.82, 2.24) is 14.9 Å². The maximum atomic E-state index is 13.4. The number of benzene rings is 2. The Kier molecular flexibility index (Phi) is 6.86. The van der Waals surface area contributed by atoms with Crippen LogP contribution in [0.15, 0.2) is 65.6 Å². The molecule has 7 nitrogen and oxygen atoms in total. The minimum atomic E-state index is -4.60. The second kappa shape index (κ2) is 10.0. The molecule has 0 radical (unpaired) electrons. The Morgan fingerprint density at radius 3 is 2.41 bits per heavy atom. The van der Waals surface area contributed by atoms with Gasteiger partial charge >= 0.3 is 6.18 Å². The summed E-state index contributed by atoms with van der Waals surface area (Å²) in [6, 6.07) is 14.5. The summed E-state index contributed by atoms with van der Waals surface area (Å²) in [4.78, 5) is 10.6. The first-order valence-corrected chi connectivity index (χ1v) is 12.6. The smallest absolute Gasteiger partial charge is 0.433 e. The van der Waals surface area contributed by atoms with Crippen LogP contribution in [0.3, 0.4) is 0 Å². The summed E-state index contributed by atoms with van der Waals surface area (Å²) in [5.41, 5.74) is 6.71. The number of nitrogens with zero attached hydrogens (tertiary/aromatic N) is 3. The topological polar surface area (TPSA) is 97.6 Å². The first-order valence-electron chi connectivity index (χ1n) is 12.6. The number of halogens is 3. The van der Waals surface area contributed by atoms with E-state index in [0.29, 0.717) is 54.0 Å². The second-order valence-electron chi connectivity index (χ2n) is 9.76. The fourth-order valence-electron chi connectivity index (χ4n) is 5.00. The fourth-order valence-corrected chi connectivity index (χ4v) is 5.00. The van der Waals surface area contributed by atoms with Crippen molar-refractivity contribution in [3.63, 3.8) is 0 Å². The minimum Gasteiger partial charge on any atom is -0.494 e. The maximum absolute atomic E-state index is 13.4. The van der Waals surface area contributed by atoms with Crippen LogP contribution in [0.1, 0.15) is 48.5 Å². The van der Waals surface area contributed by atoms with Crippen molar-refractivity contribution in [3.8, 4) is 17.2 Å². The van der Waals surface area contributed by atoms with Gasteiger partial charge in [-0.3, -0.25) is 0 Å². The van der Waals surface area contributed by atoms with Crippen LogP contribution in [0.4, 0.5) is 13.2 Å². The normalized spacial score (nSPS) is 16.3. The van der Waals surface area contributed by atoms with Crippen molar-refractivity contribution in [2.24, 2.45) is 5.73 Å². The molecular weight excluding hydrogens is 509 g/mol. The summed E-state index contributed by atoms with van der Waals surface area (Å²) in [5, 5.41) is 11.6. The number of alkyl halides is 3. The lowest BCUT2D eigenvalue weighted by molar-refractivity contribution is -0.140. The van der Waals surface area contributed by atoms with Gasteiger partial charge < -0.3 is 24.9 Å². The molecule has 1 aliphatic heterocycles. The molecule has 4 aromatic rings. The molecule has 0 spiro atoms. The van der Waals surface area contributed by atoms with E-state index in [-0.39, 0.29) is 17.2 Å². The third kappa shape index (κ3) is 4.97. The molecule has 0 aliphatic carbocycles. The largest absolute Gasteiger partial charge is 0.494 e. The first-order chi connectivity index (χ1) is 18.5. The minimum absolute atomic E-state index is 0.0435. The van der Waals surface area contributed by atoms with E-state index >= 15 is 0 Å². The highest BCUT2D eigenvalue weighted by Gasteiger charge is 2.36. The summed E-state index contributed by atoms with van der Waals surface area (Å²) in [6.45, 7) is 7.10. The number of oxazole rings is 1. The average Bonchev–Trinajstić information content (AvgIpc) is 3.38. The van der Waals surface area contributed by atoms with Crippen molar-refractivity contribution in [1.29, 1.82) is 0 Å². The van der Waals surface area contributed by atoms with Gasteiger partial charge in [-0.2, -0.15) is 13.2 Å². The Balaban J connectivity index is 1.49. The number of rotatable bonds is 6. The summed E-state index contributed by atoms with van der Waals surface area (Å²) in [6.07, 6.45) is -3.60. The number of likely N-dealkylation sites (tertiary alicyclic amines) is 1. The van der Waals surface area contributed by atoms with E-state index in [0.717, 1.165) is 11.6 Å².